The molecule has 0 atom stereocenters. The maximum absolute atomic E-state index is 7.26. The molecule has 13 rings (SSSR count). The van der Waals surface area contributed by atoms with E-state index in [2.05, 4.69) is 236 Å². The zero-order valence-corrected chi connectivity index (χ0v) is 47.4. The topological polar surface area (TPSA) is 19.6 Å². The molecule has 0 bridgehead atoms. The van der Waals surface area contributed by atoms with Crippen molar-refractivity contribution in [2.75, 3.05) is 9.80 Å². The van der Waals surface area contributed by atoms with Crippen molar-refractivity contribution in [1.82, 2.24) is 0 Å². The molecule has 376 valence electrons. The van der Waals surface area contributed by atoms with Crippen LogP contribution in [0, 0.1) is 6.92 Å². The number of anilines is 6. The second-order valence-electron chi connectivity index (χ2n) is 28.7. The van der Waals surface area contributed by atoms with Crippen LogP contribution in [-0.2, 0) is 37.9 Å². The summed E-state index contributed by atoms with van der Waals surface area (Å²) in [4.78, 5) is 5.41. The Bertz CT molecular complexity index is 3720. The lowest BCUT2D eigenvalue weighted by atomic mass is 9.33. The van der Waals surface area contributed by atoms with E-state index in [0.717, 1.165) is 24.0 Å². The van der Waals surface area contributed by atoms with Crippen molar-refractivity contribution in [1.29, 1.82) is 0 Å². The molecule has 0 N–H and O–H groups in total. The van der Waals surface area contributed by atoms with Gasteiger partial charge in [0.15, 0.2) is 0 Å². The Hall–Kier alpha value is -6.00. The molecule has 1 aromatic heterocycles. The van der Waals surface area contributed by atoms with Crippen LogP contribution in [0.5, 0.6) is 0 Å². The Balaban J connectivity index is 1.19. The molecule has 0 fully saturated rings. The standard InChI is InChI=1S/C70H77BN2O/c1-41-30-47-50(67(9,10)28-26-65(47,5)6)36-56(41)73-58-37-51-49(69(13,14)40-70(51,15)16)35-53(58)71-54-39-62-46(45-33-48-52(38-61(45)74-62)68(11,12)29-27-66(48,7)8)34-57(54)72(59-31-43(64(2,3)4)32-60(73)63(59)71)55-25-21-20-24-44(55)42-22-18-17-19-23-42/h17-25,30-39H,26-29,40H2,1-16H3. The maximum Gasteiger partial charge on any atom is 0.252 e. The van der Waals surface area contributed by atoms with Crippen molar-refractivity contribution < 1.29 is 4.42 Å². The largest absolute Gasteiger partial charge is 0.456 e. The van der Waals surface area contributed by atoms with Gasteiger partial charge in [0.05, 0.1) is 5.69 Å². The first-order chi connectivity index (χ1) is 34.7. The molecule has 4 heteroatoms. The highest BCUT2D eigenvalue weighted by molar-refractivity contribution is 7.00. The monoisotopic (exact) mass is 973 g/mol. The van der Waals surface area contributed by atoms with Crippen molar-refractivity contribution >= 4 is 79.2 Å². The fraction of sp³-hybridized carbons (Fsp3) is 0.400. The van der Waals surface area contributed by atoms with E-state index in [9.17, 15) is 0 Å². The number of rotatable bonds is 3. The van der Waals surface area contributed by atoms with Crippen molar-refractivity contribution in [2.45, 2.75) is 181 Å². The molecule has 0 unspecified atom stereocenters. The first kappa shape index (κ1) is 47.7. The number of hydrogen-bond donors (Lipinski definition) is 0. The van der Waals surface area contributed by atoms with Gasteiger partial charge in [0.2, 0.25) is 0 Å². The highest BCUT2D eigenvalue weighted by Crippen LogP contribution is 2.56. The van der Waals surface area contributed by atoms with Gasteiger partial charge in [-0.3, -0.25) is 0 Å². The molecule has 0 radical (unpaired) electrons. The minimum atomic E-state index is -0.150. The van der Waals surface area contributed by atoms with Gasteiger partial charge in [0, 0.05) is 44.8 Å². The Kier molecular flexibility index (Phi) is 9.74. The van der Waals surface area contributed by atoms with Gasteiger partial charge in [-0.2, -0.15) is 0 Å². The zero-order chi connectivity index (χ0) is 52.2. The van der Waals surface area contributed by atoms with Crippen LogP contribution in [-0.4, -0.2) is 6.71 Å². The molecule has 0 amide bonds. The second-order valence-corrected chi connectivity index (χ2v) is 28.7. The Labute approximate surface area is 442 Å². The average Bonchev–Trinajstić information content (AvgIpc) is 3.79. The van der Waals surface area contributed by atoms with Crippen LogP contribution in [0.1, 0.15) is 180 Å². The maximum atomic E-state index is 7.26. The number of hydrogen-bond acceptors (Lipinski definition) is 3. The third-order valence-electron chi connectivity index (χ3n) is 19.6. The number of aryl methyl sites for hydroxylation is 1. The third kappa shape index (κ3) is 6.77. The van der Waals surface area contributed by atoms with Gasteiger partial charge in [-0.05, 0) is 198 Å². The number of fused-ring (bicyclic) bond motifs is 10. The van der Waals surface area contributed by atoms with Gasteiger partial charge < -0.3 is 14.2 Å². The van der Waals surface area contributed by atoms with E-state index in [1.807, 2.05) is 0 Å². The summed E-state index contributed by atoms with van der Waals surface area (Å²) in [5.74, 6) is 0. The summed E-state index contributed by atoms with van der Waals surface area (Å²) in [5, 5.41) is 2.40. The molecule has 7 aromatic carbocycles. The molecule has 8 aromatic rings. The minimum Gasteiger partial charge on any atom is -0.456 e. The van der Waals surface area contributed by atoms with E-state index in [-0.39, 0.29) is 44.6 Å². The Morgan fingerprint density at radius 1 is 0.432 bits per heavy atom. The lowest BCUT2D eigenvalue weighted by Crippen LogP contribution is -2.61. The highest BCUT2D eigenvalue weighted by atomic mass is 16.3. The molecule has 0 spiro atoms. The average molecular weight is 973 g/mol. The molecule has 5 aliphatic rings. The SMILES string of the molecule is Cc1cc2c(cc1N1c3cc4c(cc3B3c5cc6oc7cc8c(cc7c6cc5N(c5ccccc5-c5ccccc5)c5cc(C(C)(C)C)cc1c53)C(C)(C)CCC8(C)C)C(C)(C)CC4(C)C)C(C)(C)CCC2(C)C. The fourth-order valence-corrected chi connectivity index (χ4v) is 15.2. The van der Waals surface area contributed by atoms with Crippen LogP contribution in [0.3, 0.4) is 0 Å². The lowest BCUT2D eigenvalue weighted by Gasteiger charge is -2.47. The Morgan fingerprint density at radius 3 is 1.51 bits per heavy atom. The summed E-state index contributed by atoms with van der Waals surface area (Å²) in [5.41, 5.74) is 27.7. The fourth-order valence-electron chi connectivity index (χ4n) is 15.2. The van der Waals surface area contributed by atoms with Gasteiger partial charge in [-0.25, -0.2) is 0 Å². The first-order valence-corrected chi connectivity index (χ1v) is 28.0. The summed E-state index contributed by atoms with van der Waals surface area (Å²) in [6.07, 6.45) is 5.79. The predicted molar refractivity (Wildman–Crippen MR) is 318 cm³/mol. The molecule has 2 aliphatic heterocycles. The summed E-state index contributed by atoms with van der Waals surface area (Å²) >= 11 is 0. The quantitative estimate of drug-likeness (QED) is 0.165. The van der Waals surface area contributed by atoms with Crippen molar-refractivity contribution in [2.24, 2.45) is 0 Å². The molecule has 74 heavy (non-hydrogen) atoms. The molecular weight excluding hydrogens is 896 g/mol. The number of furan rings is 1. The van der Waals surface area contributed by atoms with Crippen LogP contribution in [0.25, 0.3) is 33.1 Å². The van der Waals surface area contributed by atoms with Crippen molar-refractivity contribution in [3.05, 3.63) is 160 Å². The zero-order valence-electron chi connectivity index (χ0n) is 47.4. The van der Waals surface area contributed by atoms with Gasteiger partial charge in [0.25, 0.3) is 6.71 Å². The normalized spacial score (nSPS) is 19.9. The van der Waals surface area contributed by atoms with Gasteiger partial charge in [-0.1, -0.05) is 165 Å². The molecule has 0 saturated heterocycles. The number of para-hydroxylation sites is 1. The van der Waals surface area contributed by atoms with Gasteiger partial charge >= 0.3 is 0 Å². The van der Waals surface area contributed by atoms with Crippen LogP contribution in [0.2, 0.25) is 0 Å². The number of benzene rings is 7. The molecule has 3 nitrogen and oxygen atoms in total. The van der Waals surface area contributed by atoms with E-state index in [1.165, 1.54) is 136 Å². The summed E-state index contributed by atoms with van der Waals surface area (Å²) < 4.78 is 7.26. The second kappa shape index (κ2) is 15.1. The van der Waals surface area contributed by atoms with Crippen LogP contribution in [0.15, 0.2) is 120 Å². The summed E-state index contributed by atoms with van der Waals surface area (Å²) in [7, 11) is 0. The molecule has 3 heterocycles. The number of nitrogens with zero attached hydrogens (tertiary/aromatic N) is 2. The van der Waals surface area contributed by atoms with Gasteiger partial charge in [0.1, 0.15) is 11.2 Å². The van der Waals surface area contributed by atoms with Crippen LogP contribution >= 0.6 is 0 Å². The van der Waals surface area contributed by atoms with Gasteiger partial charge in [-0.15, -0.1) is 0 Å². The summed E-state index contributed by atoms with van der Waals surface area (Å²) in [6.45, 7) is 39.1. The smallest absolute Gasteiger partial charge is 0.252 e. The van der Waals surface area contributed by atoms with E-state index in [1.54, 1.807) is 0 Å². The van der Waals surface area contributed by atoms with E-state index >= 15 is 0 Å². The molecule has 0 saturated carbocycles. The van der Waals surface area contributed by atoms with Crippen LogP contribution < -0.4 is 26.2 Å². The van der Waals surface area contributed by atoms with Crippen LogP contribution in [0.4, 0.5) is 34.1 Å². The van der Waals surface area contributed by atoms with E-state index in [0.29, 0.717) is 0 Å². The summed E-state index contributed by atoms with van der Waals surface area (Å²) in [6, 6.07) is 45.8. The van der Waals surface area contributed by atoms with Crippen molar-refractivity contribution in [3.8, 4) is 11.1 Å². The van der Waals surface area contributed by atoms with E-state index in [4.69, 9.17) is 4.42 Å². The predicted octanol–water partition coefficient (Wildman–Crippen LogP) is 17.6. The van der Waals surface area contributed by atoms with E-state index < -0.39 is 0 Å². The minimum absolute atomic E-state index is 0.0107. The Morgan fingerprint density at radius 2 is 0.892 bits per heavy atom. The molecular formula is C70H77BN2O. The third-order valence-corrected chi connectivity index (χ3v) is 19.6. The lowest BCUT2D eigenvalue weighted by molar-refractivity contribution is 0.332. The first-order valence-electron chi connectivity index (χ1n) is 28.0. The molecule has 3 aliphatic carbocycles. The highest BCUT2D eigenvalue weighted by Gasteiger charge is 2.50. The van der Waals surface area contributed by atoms with Crippen molar-refractivity contribution in [3.63, 3.8) is 0 Å².